The van der Waals surface area contributed by atoms with Crippen molar-refractivity contribution in [2.24, 2.45) is 0 Å². The Morgan fingerprint density at radius 1 is 1.41 bits per heavy atom. The summed E-state index contributed by atoms with van der Waals surface area (Å²) in [5.74, 6) is 0.838. The van der Waals surface area contributed by atoms with Gasteiger partial charge in [0.15, 0.2) is 0 Å². The van der Waals surface area contributed by atoms with E-state index in [4.69, 9.17) is 0 Å². The van der Waals surface area contributed by atoms with Crippen LogP contribution in [0.1, 0.15) is 5.69 Å². The van der Waals surface area contributed by atoms with Crippen molar-refractivity contribution in [2.75, 3.05) is 11.9 Å². The number of imidazole rings is 1. The molecule has 0 atom stereocenters. The van der Waals surface area contributed by atoms with E-state index in [0.717, 1.165) is 21.8 Å². The normalized spacial score (nSPS) is 10.2. The molecule has 1 heterocycles. The average Bonchev–Trinajstić information content (AvgIpc) is 2.69. The Kier molecular flexibility index (Phi) is 3.64. The Labute approximate surface area is 109 Å². The molecule has 0 saturated heterocycles. The molecule has 1 aromatic heterocycles. The fraction of sp³-hybridized carbons (Fsp3) is 0.154. The summed E-state index contributed by atoms with van der Waals surface area (Å²) < 4.78 is 3.10. The lowest BCUT2D eigenvalue weighted by Crippen LogP contribution is -2.05. The molecule has 0 spiro atoms. The minimum absolute atomic E-state index is 0.701. The third kappa shape index (κ3) is 2.77. The highest BCUT2D eigenvalue weighted by Gasteiger charge is 2.06. The predicted octanol–water partition coefficient (Wildman–Crippen LogP) is 3.54. The van der Waals surface area contributed by atoms with Crippen LogP contribution >= 0.6 is 15.9 Å². The molecule has 1 N–H and O–H groups in total. The van der Waals surface area contributed by atoms with Crippen LogP contribution in [-0.4, -0.2) is 16.1 Å². The van der Waals surface area contributed by atoms with E-state index >= 15 is 0 Å². The van der Waals surface area contributed by atoms with E-state index in [2.05, 4.69) is 32.8 Å². The van der Waals surface area contributed by atoms with E-state index in [9.17, 15) is 0 Å². The fourth-order valence-corrected chi connectivity index (χ4v) is 1.85. The van der Waals surface area contributed by atoms with Gasteiger partial charge in [0.2, 0.25) is 5.95 Å². The smallest absolute Gasteiger partial charge is 0.207 e. The molecule has 4 heteroatoms. The molecular weight excluding hydrogens is 278 g/mol. The first-order chi connectivity index (χ1) is 8.20. The van der Waals surface area contributed by atoms with Gasteiger partial charge in [0.25, 0.3) is 0 Å². The van der Waals surface area contributed by atoms with Crippen molar-refractivity contribution in [1.82, 2.24) is 9.55 Å². The molecule has 1 aromatic carbocycles. The first kappa shape index (κ1) is 11.9. The van der Waals surface area contributed by atoms with Crippen LogP contribution in [0.5, 0.6) is 0 Å². The van der Waals surface area contributed by atoms with E-state index in [1.54, 1.807) is 0 Å². The number of halogens is 1. The van der Waals surface area contributed by atoms with Crippen molar-refractivity contribution in [3.05, 3.63) is 53.3 Å². The number of benzene rings is 1. The topological polar surface area (TPSA) is 29.9 Å². The maximum atomic E-state index is 4.44. The van der Waals surface area contributed by atoms with Crippen LogP contribution in [0.3, 0.4) is 0 Å². The van der Waals surface area contributed by atoms with Crippen molar-refractivity contribution in [3.8, 4) is 5.69 Å². The van der Waals surface area contributed by atoms with E-state index in [1.165, 1.54) is 0 Å². The van der Waals surface area contributed by atoms with Crippen LogP contribution in [0.2, 0.25) is 0 Å². The molecule has 0 amide bonds. The highest BCUT2D eigenvalue weighted by Crippen LogP contribution is 2.18. The van der Waals surface area contributed by atoms with Crippen LogP contribution < -0.4 is 5.32 Å². The van der Waals surface area contributed by atoms with Gasteiger partial charge in [-0.15, -0.1) is 6.58 Å². The van der Waals surface area contributed by atoms with Gasteiger partial charge in [-0.3, -0.25) is 4.57 Å². The summed E-state index contributed by atoms with van der Waals surface area (Å²) in [4.78, 5) is 4.44. The second-order valence-corrected chi connectivity index (χ2v) is 4.64. The first-order valence-corrected chi connectivity index (χ1v) is 6.16. The quantitative estimate of drug-likeness (QED) is 0.873. The molecule has 2 aromatic rings. The highest BCUT2D eigenvalue weighted by atomic mass is 79.9. The van der Waals surface area contributed by atoms with E-state index in [0.29, 0.717) is 6.54 Å². The molecule has 17 heavy (non-hydrogen) atoms. The average molecular weight is 292 g/mol. The predicted molar refractivity (Wildman–Crippen MR) is 74.7 cm³/mol. The van der Waals surface area contributed by atoms with Crippen LogP contribution in [-0.2, 0) is 0 Å². The zero-order chi connectivity index (χ0) is 12.3. The summed E-state index contributed by atoms with van der Waals surface area (Å²) in [6.45, 7) is 6.37. The Balaban J connectivity index is 2.36. The molecule has 0 aliphatic carbocycles. The van der Waals surface area contributed by atoms with Crippen molar-refractivity contribution in [3.63, 3.8) is 0 Å². The summed E-state index contributed by atoms with van der Waals surface area (Å²) in [5, 5.41) is 3.22. The van der Waals surface area contributed by atoms with E-state index in [1.807, 2.05) is 48.0 Å². The minimum atomic E-state index is 0.701. The summed E-state index contributed by atoms with van der Waals surface area (Å²) in [5.41, 5.74) is 2.07. The number of hydrogen-bond acceptors (Lipinski definition) is 2. The number of nitrogens with zero attached hydrogens (tertiary/aromatic N) is 2. The Morgan fingerprint density at radius 2 is 2.12 bits per heavy atom. The Bertz CT molecular complexity index is 514. The van der Waals surface area contributed by atoms with Crippen molar-refractivity contribution >= 4 is 21.9 Å². The van der Waals surface area contributed by atoms with Gasteiger partial charge in [0, 0.05) is 22.9 Å². The monoisotopic (exact) mass is 291 g/mol. The number of rotatable bonds is 4. The maximum Gasteiger partial charge on any atom is 0.207 e. The largest absolute Gasteiger partial charge is 0.352 e. The molecule has 0 aliphatic heterocycles. The lowest BCUT2D eigenvalue weighted by Gasteiger charge is -2.08. The number of anilines is 1. The van der Waals surface area contributed by atoms with Crippen LogP contribution in [0.25, 0.3) is 5.69 Å². The lowest BCUT2D eigenvalue weighted by atomic mass is 10.3. The molecule has 0 radical (unpaired) electrons. The molecule has 88 valence electrons. The Morgan fingerprint density at radius 3 is 2.76 bits per heavy atom. The van der Waals surface area contributed by atoms with Crippen LogP contribution in [0, 0.1) is 6.92 Å². The van der Waals surface area contributed by atoms with Gasteiger partial charge >= 0.3 is 0 Å². The zero-order valence-electron chi connectivity index (χ0n) is 9.65. The maximum absolute atomic E-state index is 4.44. The van der Waals surface area contributed by atoms with Crippen molar-refractivity contribution in [2.45, 2.75) is 6.92 Å². The second-order valence-electron chi connectivity index (χ2n) is 3.72. The standard InChI is InChI=1S/C13H14BrN3/c1-3-8-15-13-16-10(2)9-17(13)12-6-4-11(14)5-7-12/h3-7,9H,1,8H2,2H3,(H,15,16). The molecule has 0 bridgehead atoms. The van der Waals surface area contributed by atoms with Crippen molar-refractivity contribution in [1.29, 1.82) is 0 Å². The van der Waals surface area contributed by atoms with Crippen LogP contribution in [0.4, 0.5) is 5.95 Å². The summed E-state index contributed by atoms with van der Waals surface area (Å²) in [6, 6.07) is 8.12. The van der Waals surface area contributed by atoms with Gasteiger partial charge in [-0.1, -0.05) is 22.0 Å². The third-order valence-corrected chi connectivity index (χ3v) is 2.86. The highest BCUT2D eigenvalue weighted by molar-refractivity contribution is 9.10. The van der Waals surface area contributed by atoms with Gasteiger partial charge in [-0.25, -0.2) is 4.98 Å². The molecule has 0 aliphatic rings. The number of hydrogen-bond donors (Lipinski definition) is 1. The molecule has 0 saturated carbocycles. The number of aromatic nitrogens is 2. The van der Waals surface area contributed by atoms with E-state index in [-0.39, 0.29) is 0 Å². The summed E-state index contributed by atoms with van der Waals surface area (Å²) in [7, 11) is 0. The summed E-state index contributed by atoms with van der Waals surface area (Å²) in [6.07, 6.45) is 3.82. The van der Waals surface area contributed by atoms with Crippen molar-refractivity contribution < 1.29 is 0 Å². The summed E-state index contributed by atoms with van der Waals surface area (Å²) >= 11 is 3.43. The van der Waals surface area contributed by atoms with Gasteiger partial charge in [0.05, 0.1) is 5.69 Å². The van der Waals surface area contributed by atoms with E-state index < -0.39 is 0 Å². The van der Waals surface area contributed by atoms with Gasteiger partial charge in [0.1, 0.15) is 0 Å². The number of nitrogens with one attached hydrogen (secondary N) is 1. The molecule has 2 rings (SSSR count). The SMILES string of the molecule is C=CCNc1nc(C)cn1-c1ccc(Br)cc1. The molecule has 0 unspecified atom stereocenters. The van der Waals surface area contributed by atoms with Gasteiger partial charge < -0.3 is 5.32 Å². The lowest BCUT2D eigenvalue weighted by molar-refractivity contribution is 1.04. The zero-order valence-corrected chi connectivity index (χ0v) is 11.2. The fourth-order valence-electron chi connectivity index (χ4n) is 1.58. The first-order valence-electron chi connectivity index (χ1n) is 5.37. The van der Waals surface area contributed by atoms with Gasteiger partial charge in [-0.2, -0.15) is 0 Å². The molecule has 3 nitrogen and oxygen atoms in total. The minimum Gasteiger partial charge on any atom is -0.352 e. The third-order valence-electron chi connectivity index (χ3n) is 2.34. The molecular formula is C13H14BrN3. The number of aryl methyl sites for hydroxylation is 1. The molecule has 0 fully saturated rings. The Hall–Kier alpha value is -1.55. The second kappa shape index (κ2) is 5.19. The van der Waals surface area contributed by atoms with Gasteiger partial charge in [-0.05, 0) is 31.2 Å². The van der Waals surface area contributed by atoms with Crippen LogP contribution in [0.15, 0.2) is 47.6 Å².